The number of nitrogens with zero attached hydrogens (tertiary/aromatic N) is 1. The Morgan fingerprint density at radius 1 is 1.17 bits per heavy atom. The van der Waals surface area contributed by atoms with Gasteiger partial charge in [0.25, 0.3) is 5.91 Å². The third-order valence-electron chi connectivity index (χ3n) is 5.88. The first kappa shape index (κ1) is 19.1. The monoisotopic (exact) mass is 392 g/mol. The van der Waals surface area contributed by atoms with Gasteiger partial charge in [-0.25, -0.2) is 9.53 Å². The summed E-state index contributed by atoms with van der Waals surface area (Å²) in [5, 5.41) is 3.08. The van der Waals surface area contributed by atoms with Gasteiger partial charge in [-0.2, -0.15) is 0 Å². The molecule has 1 aliphatic carbocycles. The fourth-order valence-electron chi connectivity index (χ4n) is 4.28. The van der Waals surface area contributed by atoms with E-state index < -0.39 is 0 Å². The van der Waals surface area contributed by atoms with E-state index in [1.165, 1.54) is 0 Å². The number of aromatic nitrogens is 1. The molecule has 0 radical (unpaired) electrons. The molecule has 0 aliphatic heterocycles. The molecular weight excluding hydrogens is 368 g/mol. The smallest absolute Gasteiger partial charge is 0.360 e. The van der Waals surface area contributed by atoms with Gasteiger partial charge in [0.15, 0.2) is 0 Å². The molecule has 1 aromatic heterocycles. The van der Waals surface area contributed by atoms with Gasteiger partial charge in [0, 0.05) is 19.0 Å². The van der Waals surface area contributed by atoms with E-state index in [2.05, 4.69) is 17.4 Å². The lowest BCUT2D eigenvalue weighted by atomic mass is 9.68. The molecule has 2 aromatic carbocycles. The van der Waals surface area contributed by atoms with Crippen molar-refractivity contribution in [3.8, 4) is 5.75 Å². The second-order valence-electron chi connectivity index (χ2n) is 7.51. The number of carbonyl (C=O) groups excluding carboxylic acids is 1. The second-order valence-corrected chi connectivity index (χ2v) is 7.51. The molecule has 0 spiro atoms. The first-order valence-corrected chi connectivity index (χ1v) is 9.69. The van der Waals surface area contributed by atoms with E-state index >= 15 is 0 Å². The minimum atomic E-state index is -0.373. The Morgan fingerprint density at radius 2 is 1.90 bits per heavy atom. The lowest BCUT2D eigenvalue weighted by molar-refractivity contribution is 0.0937. The zero-order valence-corrected chi connectivity index (χ0v) is 16.6. The van der Waals surface area contributed by atoms with Crippen LogP contribution in [0.5, 0.6) is 5.75 Å². The van der Waals surface area contributed by atoms with E-state index in [0.29, 0.717) is 29.8 Å². The van der Waals surface area contributed by atoms with E-state index in [4.69, 9.17) is 9.26 Å². The van der Waals surface area contributed by atoms with Crippen molar-refractivity contribution in [2.45, 2.75) is 24.7 Å². The van der Waals surface area contributed by atoms with Crippen LogP contribution in [0.1, 0.15) is 33.6 Å². The molecule has 1 unspecified atom stereocenters. The van der Waals surface area contributed by atoms with E-state index in [1.54, 1.807) is 31.0 Å². The molecule has 6 nitrogen and oxygen atoms in total. The number of benzene rings is 2. The standard InChI is InChI=1S/C23H24N2O4/c1-25-19-12-13-23(14-18(19)22(27)29-25,16-8-4-3-5-9-16)15-24-21(26)17-10-6-7-11-20(17)28-2/h3-11H,12-15H2,1-2H3,(H,24,26). The van der Waals surface area contributed by atoms with Crippen molar-refractivity contribution >= 4 is 5.91 Å². The summed E-state index contributed by atoms with van der Waals surface area (Å²) in [4.78, 5) is 25.2. The Morgan fingerprint density at radius 3 is 2.66 bits per heavy atom. The molecule has 1 N–H and O–H groups in total. The average Bonchev–Trinajstić information content (AvgIpc) is 3.05. The van der Waals surface area contributed by atoms with Crippen LogP contribution in [0.2, 0.25) is 0 Å². The van der Waals surface area contributed by atoms with Gasteiger partial charge in [-0.15, -0.1) is 0 Å². The molecule has 4 rings (SSSR count). The van der Waals surface area contributed by atoms with Crippen molar-refractivity contribution < 1.29 is 14.1 Å². The van der Waals surface area contributed by atoms with Gasteiger partial charge in [0.2, 0.25) is 0 Å². The Hall–Kier alpha value is -3.28. The third kappa shape index (κ3) is 3.46. The number of ether oxygens (including phenoxy) is 1. The molecule has 0 bridgehead atoms. The Bertz CT molecular complexity index is 1080. The number of para-hydroxylation sites is 1. The van der Waals surface area contributed by atoms with Crippen molar-refractivity contribution in [3.05, 3.63) is 87.4 Å². The number of methoxy groups -OCH3 is 1. The normalized spacial score (nSPS) is 18.1. The molecule has 6 heteroatoms. The van der Waals surface area contributed by atoms with Crippen LogP contribution in [-0.2, 0) is 25.3 Å². The van der Waals surface area contributed by atoms with Crippen molar-refractivity contribution in [1.82, 2.24) is 10.1 Å². The molecule has 1 atom stereocenters. The molecule has 3 aromatic rings. The summed E-state index contributed by atoms with van der Waals surface area (Å²) >= 11 is 0. The van der Waals surface area contributed by atoms with Gasteiger partial charge in [-0.1, -0.05) is 42.5 Å². The maximum Gasteiger partial charge on any atom is 0.360 e. The molecule has 150 valence electrons. The lowest BCUT2D eigenvalue weighted by Gasteiger charge is -2.37. The predicted molar refractivity (Wildman–Crippen MR) is 109 cm³/mol. The average molecular weight is 392 g/mol. The van der Waals surface area contributed by atoms with E-state index in [1.807, 2.05) is 30.3 Å². The number of rotatable bonds is 5. The summed E-state index contributed by atoms with van der Waals surface area (Å²) in [5.74, 6) is 0.344. The quantitative estimate of drug-likeness (QED) is 0.725. The van der Waals surface area contributed by atoms with Gasteiger partial charge >= 0.3 is 5.63 Å². The van der Waals surface area contributed by atoms with Gasteiger partial charge < -0.3 is 14.6 Å². The fraction of sp³-hybridized carbons (Fsp3) is 0.304. The summed E-state index contributed by atoms with van der Waals surface area (Å²) in [6.45, 7) is 0.418. The summed E-state index contributed by atoms with van der Waals surface area (Å²) in [7, 11) is 3.31. The Kier molecular flexibility index (Phi) is 5.01. The van der Waals surface area contributed by atoms with Crippen LogP contribution in [0, 0.1) is 0 Å². The molecule has 1 aliphatic rings. The van der Waals surface area contributed by atoms with Crippen LogP contribution in [0.25, 0.3) is 0 Å². The van der Waals surface area contributed by atoms with E-state index in [9.17, 15) is 9.59 Å². The van der Waals surface area contributed by atoms with Gasteiger partial charge in [-0.3, -0.25) is 4.79 Å². The maximum absolute atomic E-state index is 12.9. The van der Waals surface area contributed by atoms with Crippen molar-refractivity contribution in [2.75, 3.05) is 13.7 Å². The number of nitrogens with one attached hydrogen (secondary N) is 1. The number of hydrogen-bond donors (Lipinski definition) is 1. The lowest BCUT2D eigenvalue weighted by Crippen LogP contribution is -2.45. The third-order valence-corrected chi connectivity index (χ3v) is 5.88. The molecule has 1 heterocycles. The van der Waals surface area contributed by atoms with Crippen molar-refractivity contribution in [1.29, 1.82) is 0 Å². The zero-order chi connectivity index (χ0) is 20.4. The Labute approximate surface area is 169 Å². The van der Waals surface area contributed by atoms with E-state index in [-0.39, 0.29) is 16.9 Å². The van der Waals surface area contributed by atoms with Gasteiger partial charge in [0.05, 0.1) is 23.9 Å². The largest absolute Gasteiger partial charge is 0.496 e. The van der Waals surface area contributed by atoms with Crippen LogP contribution in [0.3, 0.4) is 0 Å². The van der Waals surface area contributed by atoms with Crippen LogP contribution < -0.4 is 15.7 Å². The number of carbonyl (C=O) groups is 1. The molecule has 0 fully saturated rings. The molecule has 0 saturated heterocycles. The summed E-state index contributed by atoms with van der Waals surface area (Å²) in [5.41, 5.74) is 2.58. The van der Waals surface area contributed by atoms with Crippen molar-refractivity contribution in [3.63, 3.8) is 0 Å². The molecule has 0 saturated carbocycles. The molecule has 1 amide bonds. The topological polar surface area (TPSA) is 73.5 Å². The summed E-state index contributed by atoms with van der Waals surface area (Å²) < 4.78 is 12.2. The minimum absolute atomic E-state index is 0.191. The Balaban J connectivity index is 1.65. The van der Waals surface area contributed by atoms with E-state index in [0.717, 1.165) is 24.1 Å². The first-order chi connectivity index (χ1) is 14.0. The summed E-state index contributed by atoms with van der Waals surface area (Å²) in [6, 6.07) is 17.2. The second kappa shape index (κ2) is 7.62. The van der Waals surface area contributed by atoms with Crippen LogP contribution in [-0.4, -0.2) is 24.3 Å². The fourth-order valence-corrected chi connectivity index (χ4v) is 4.28. The van der Waals surface area contributed by atoms with Crippen LogP contribution in [0.15, 0.2) is 63.9 Å². The maximum atomic E-state index is 12.9. The number of aryl methyl sites for hydroxylation is 1. The number of hydrogen-bond acceptors (Lipinski definition) is 4. The van der Waals surface area contributed by atoms with Crippen LogP contribution >= 0.6 is 0 Å². The van der Waals surface area contributed by atoms with Gasteiger partial charge in [0.1, 0.15) is 5.75 Å². The highest BCUT2D eigenvalue weighted by atomic mass is 16.5. The van der Waals surface area contributed by atoms with Crippen molar-refractivity contribution in [2.24, 2.45) is 7.05 Å². The summed E-state index contributed by atoms with van der Waals surface area (Å²) in [6.07, 6.45) is 2.06. The first-order valence-electron chi connectivity index (χ1n) is 9.69. The van der Waals surface area contributed by atoms with Crippen LogP contribution in [0.4, 0.5) is 0 Å². The number of amides is 1. The zero-order valence-electron chi connectivity index (χ0n) is 16.6. The molecule has 29 heavy (non-hydrogen) atoms. The SMILES string of the molecule is COc1ccccc1C(=O)NCC1(c2ccccc2)CCc2c(c(=O)on2C)C1. The minimum Gasteiger partial charge on any atom is -0.496 e. The van der Waals surface area contributed by atoms with Gasteiger partial charge in [-0.05, 0) is 37.0 Å². The number of fused-ring (bicyclic) bond motifs is 1. The highest BCUT2D eigenvalue weighted by molar-refractivity contribution is 5.97. The highest BCUT2D eigenvalue weighted by Crippen LogP contribution is 2.37. The predicted octanol–water partition coefficient (Wildman–Crippen LogP) is 2.84. The molecular formula is C23H24N2O4. The highest BCUT2D eigenvalue weighted by Gasteiger charge is 2.39.